The fourth-order valence-electron chi connectivity index (χ4n) is 6.57. The molecule has 0 bridgehead atoms. The van der Waals surface area contributed by atoms with Crippen molar-refractivity contribution in [2.75, 3.05) is 44.9 Å². The molecule has 2 atom stereocenters. The topological polar surface area (TPSA) is 99.7 Å². The normalized spacial score (nSPS) is 17.8. The summed E-state index contributed by atoms with van der Waals surface area (Å²) in [5.41, 5.74) is 3.40. The minimum Gasteiger partial charge on any atom is -0.496 e. The van der Waals surface area contributed by atoms with E-state index in [1.165, 1.54) is 0 Å². The van der Waals surface area contributed by atoms with Gasteiger partial charge in [0.15, 0.2) is 0 Å². The standard InChI is InChI=1S/C40H52ClN3O7/c1-9-48-25-28-22-43(19-17-29(28)37(45)50-39(2,3)4)35-15-11-14-33(42-35)30-12-10-13-32(41)36(30)49-24-26-20-27-16-18-44(38(46)51-40(5,6)7)23-31(27)34(21-26)47-8/h10-15,20-21,28-29H,9,16-19,22-25H2,1-8H3/t28-,29-/m1/s1. The summed E-state index contributed by atoms with van der Waals surface area (Å²) in [4.78, 5) is 34.9. The van der Waals surface area contributed by atoms with Gasteiger partial charge in [-0.05, 0) is 103 Å². The second-order valence-corrected chi connectivity index (χ2v) is 15.6. The van der Waals surface area contributed by atoms with Crippen LogP contribution in [0.4, 0.5) is 10.6 Å². The third kappa shape index (κ3) is 9.86. The summed E-state index contributed by atoms with van der Waals surface area (Å²) in [6.45, 7) is 16.8. The van der Waals surface area contributed by atoms with Gasteiger partial charge in [0.25, 0.3) is 0 Å². The number of pyridine rings is 1. The number of amides is 1. The van der Waals surface area contributed by atoms with Gasteiger partial charge in [-0.15, -0.1) is 0 Å². The number of hydrogen-bond acceptors (Lipinski definition) is 9. The fraction of sp³-hybridized carbons (Fsp3) is 0.525. The maximum atomic E-state index is 13.1. The lowest BCUT2D eigenvalue weighted by Gasteiger charge is -2.39. The van der Waals surface area contributed by atoms with Gasteiger partial charge >= 0.3 is 12.1 Å². The maximum absolute atomic E-state index is 13.1. The third-order valence-electron chi connectivity index (χ3n) is 8.90. The van der Waals surface area contributed by atoms with Gasteiger partial charge in [0.2, 0.25) is 0 Å². The van der Waals surface area contributed by atoms with Crippen molar-refractivity contribution in [3.05, 3.63) is 70.2 Å². The van der Waals surface area contributed by atoms with E-state index in [0.717, 1.165) is 33.8 Å². The molecule has 0 spiro atoms. The largest absolute Gasteiger partial charge is 0.496 e. The average Bonchev–Trinajstić information content (AvgIpc) is 3.08. The molecular formula is C40H52ClN3O7. The fourth-order valence-corrected chi connectivity index (χ4v) is 6.80. The summed E-state index contributed by atoms with van der Waals surface area (Å²) in [5, 5.41) is 0.479. The highest BCUT2D eigenvalue weighted by Gasteiger charge is 2.37. The molecule has 2 aliphatic rings. The molecule has 3 aromatic rings. The minimum absolute atomic E-state index is 0.0296. The lowest BCUT2D eigenvalue weighted by molar-refractivity contribution is -0.163. The number of carbonyl (C=O) groups excluding carboxylic acids is 2. The van der Waals surface area contributed by atoms with Crippen molar-refractivity contribution in [3.63, 3.8) is 0 Å². The van der Waals surface area contributed by atoms with Crippen LogP contribution in [0.5, 0.6) is 11.5 Å². The van der Waals surface area contributed by atoms with Gasteiger partial charge in [0.1, 0.15) is 35.1 Å². The number of nitrogens with zero attached hydrogens (tertiary/aromatic N) is 3. The molecule has 2 aromatic carbocycles. The predicted octanol–water partition coefficient (Wildman–Crippen LogP) is 8.10. The highest BCUT2D eigenvalue weighted by atomic mass is 35.5. The van der Waals surface area contributed by atoms with E-state index in [1.54, 1.807) is 12.0 Å². The number of piperidine rings is 1. The zero-order valence-electron chi connectivity index (χ0n) is 31.2. The smallest absolute Gasteiger partial charge is 0.410 e. The lowest BCUT2D eigenvalue weighted by atomic mass is 9.85. The van der Waals surface area contributed by atoms with Crippen LogP contribution in [-0.2, 0) is 38.6 Å². The summed E-state index contributed by atoms with van der Waals surface area (Å²) < 4.78 is 29.4. The van der Waals surface area contributed by atoms with Crippen LogP contribution in [-0.4, -0.2) is 73.1 Å². The SMILES string of the molecule is CCOC[C@H]1CN(c2cccc(-c3cccc(Cl)c3OCc3cc4c(c(OC)c3)CN(C(=O)OC(C)(C)C)CC4)n2)CC[C@H]1C(=O)OC(C)(C)C. The Hall–Kier alpha value is -4.02. The number of fused-ring (bicyclic) bond motifs is 1. The number of para-hydroxylation sites is 1. The number of benzene rings is 2. The van der Waals surface area contributed by atoms with Gasteiger partial charge in [-0.2, -0.15) is 0 Å². The molecule has 51 heavy (non-hydrogen) atoms. The van der Waals surface area contributed by atoms with Crippen LogP contribution < -0.4 is 14.4 Å². The maximum Gasteiger partial charge on any atom is 0.410 e. The number of halogens is 1. The molecule has 10 nitrogen and oxygen atoms in total. The molecule has 1 amide bonds. The minimum atomic E-state index is -0.565. The van der Waals surface area contributed by atoms with E-state index in [0.29, 0.717) is 68.8 Å². The molecule has 11 heteroatoms. The van der Waals surface area contributed by atoms with Gasteiger partial charge in [-0.25, -0.2) is 9.78 Å². The zero-order valence-corrected chi connectivity index (χ0v) is 32.0. The second kappa shape index (κ2) is 16.1. The first-order valence-corrected chi connectivity index (χ1v) is 18.1. The first kappa shape index (κ1) is 38.2. The van der Waals surface area contributed by atoms with Gasteiger partial charge in [0.05, 0.1) is 36.9 Å². The van der Waals surface area contributed by atoms with Crippen molar-refractivity contribution < 1.29 is 33.3 Å². The number of methoxy groups -OCH3 is 1. The summed E-state index contributed by atoms with van der Waals surface area (Å²) in [5.74, 6) is 1.60. The predicted molar refractivity (Wildman–Crippen MR) is 199 cm³/mol. The Morgan fingerprint density at radius 3 is 2.43 bits per heavy atom. The number of rotatable bonds is 10. The zero-order chi connectivity index (χ0) is 36.9. The molecule has 1 saturated heterocycles. The molecule has 0 aliphatic carbocycles. The van der Waals surface area contributed by atoms with Crippen LogP contribution in [0.25, 0.3) is 11.3 Å². The molecule has 5 rings (SSSR count). The Balaban J connectivity index is 1.33. The van der Waals surface area contributed by atoms with Crippen LogP contribution in [0.15, 0.2) is 48.5 Å². The van der Waals surface area contributed by atoms with Crippen molar-refractivity contribution in [1.82, 2.24) is 9.88 Å². The van der Waals surface area contributed by atoms with E-state index in [-0.39, 0.29) is 30.5 Å². The monoisotopic (exact) mass is 721 g/mol. The van der Waals surface area contributed by atoms with E-state index in [9.17, 15) is 9.59 Å². The van der Waals surface area contributed by atoms with E-state index in [2.05, 4.69) is 11.0 Å². The van der Waals surface area contributed by atoms with Crippen molar-refractivity contribution >= 4 is 29.5 Å². The number of esters is 1. The van der Waals surface area contributed by atoms with Gasteiger partial charge in [0, 0.05) is 43.3 Å². The molecule has 0 N–H and O–H groups in total. The van der Waals surface area contributed by atoms with Crippen LogP contribution in [0.1, 0.15) is 71.6 Å². The Labute approximate surface area is 307 Å². The van der Waals surface area contributed by atoms with Crippen molar-refractivity contribution in [2.24, 2.45) is 11.8 Å². The summed E-state index contributed by atoms with van der Waals surface area (Å²) in [6, 6.07) is 15.6. The first-order chi connectivity index (χ1) is 24.2. The number of hydrogen-bond donors (Lipinski definition) is 0. The van der Waals surface area contributed by atoms with Crippen molar-refractivity contribution in [3.8, 4) is 22.8 Å². The molecular weight excluding hydrogens is 670 g/mol. The lowest BCUT2D eigenvalue weighted by Crippen LogP contribution is -2.47. The second-order valence-electron chi connectivity index (χ2n) is 15.2. The molecule has 0 saturated carbocycles. The van der Waals surface area contributed by atoms with E-state index < -0.39 is 11.2 Å². The highest BCUT2D eigenvalue weighted by Crippen LogP contribution is 2.38. The van der Waals surface area contributed by atoms with Crippen molar-refractivity contribution in [1.29, 1.82) is 0 Å². The molecule has 2 aliphatic heterocycles. The number of anilines is 1. The van der Waals surface area contributed by atoms with E-state index >= 15 is 0 Å². The quantitative estimate of drug-likeness (QED) is 0.192. The first-order valence-electron chi connectivity index (χ1n) is 17.8. The number of ether oxygens (including phenoxy) is 5. The third-order valence-corrected chi connectivity index (χ3v) is 9.19. The molecule has 1 aromatic heterocycles. The van der Waals surface area contributed by atoms with Gasteiger partial charge < -0.3 is 33.5 Å². The van der Waals surface area contributed by atoms with Gasteiger partial charge in [-0.3, -0.25) is 4.79 Å². The summed E-state index contributed by atoms with van der Waals surface area (Å²) in [6.07, 6.45) is 0.989. The number of aromatic nitrogens is 1. The Bertz CT molecular complexity index is 1680. The average molecular weight is 722 g/mol. The van der Waals surface area contributed by atoms with E-state index in [4.69, 9.17) is 40.3 Å². The Morgan fingerprint density at radius 2 is 1.73 bits per heavy atom. The number of carbonyl (C=O) groups is 2. The molecule has 276 valence electrons. The van der Waals surface area contributed by atoms with Crippen molar-refractivity contribution in [2.45, 2.75) is 85.7 Å². The Morgan fingerprint density at radius 1 is 0.980 bits per heavy atom. The van der Waals surface area contributed by atoms with Crippen LogP contribution in [0.2, 0.25) is 5.02 Å². The highest BCUT2D eigenvalue weighted by molar-refractivity contribution is 6.32. The van der Waals surface area contributed by atoms with Crippen LogP contribution in [0.3, 0.4) is 0 Å². The molecule has 1 fully saturated rings. The van der Waals surface area contributed by atoms with Crippen LogP contribution >= 0.6 is 11.6 Å². The van der Waals surface area contributed by atoms with Crippen LogP contribution in [0, 0.1) is 11.8 Å². The molecule has 0 unspecified atom stereocenters. The molecule has 3 heterocycles. The summed E-state index contributed by atoms with van der Waals surface area (Å²) >= 11 is 6.76. The Kier molecular flexibility index (Phi) is 12.1. The molecule has 0 radical (unpaired) electrons. The summed E-state index contributed by atoms with van der Waals surface area (Å²) in [7, 11) is 1.64. The van der Waals surface area contributed by atoms with E-state index in [1.807, 2.05) is 90.9 Å². The van der Waals surface area contributed by atoms with Gasteiger partial charge in [-0.1, -0.05) is 29.8 Å².